The molecule has 1 saturated heterocycles. The van der Waals surface area contributed by atoms with Crippen LogP contribution >= 0.6 is 0 Å². The van der Waals surface area contributed by atoms with Gasteiger partial charge >= 0.3 is 0 Å². The second kappa shape index (κ2) is 7.00. The van der Waals surface area contributed by atoms with E-state index >= 15 is 0 Å². The molecular formula is C16H24FN3O. The summed E-state index contributed by atoms with van der Waals surface area (Å²) >= 11 is 0. The molecule has 1 heterocycles. The fourth-order valence-electron chi connectivity index (χ4n) is 2.52. The molecule has 1 fully saturated rings. The monoisotopic (exact) mass is 293 g/mol. The van der Waals surface area contributed by atoms with Crippen LogP contribution in [0.1, 0.15) is 25.3 Å². The Morgan fingerprint density at radius 2 is 1.90 bits per heavy atom. The van der Waals surface area contributed by atoms with Gasteiger partial charge in [-0.3, -0.25) is 9.69 Å². The third kappa shape index (κ3) is 4.79. The van der Waals surface area contributed by atoms with Gasteiger partial charge in [0.25, 0.3) is 0 Å². The summed E-state index contributed by atoms with van der Waals surface area (Å²) in [5.41, 5.74) is 1.10. The van der Waals surface area contributed by atoms with Crippen LogP contribution in [0.3, 0.4) is 0 Å². The van der Waals surface area contributed by atoms with Crippen molar-refractivity contribution in [1.82, 2.24) is 15.5 Å². The fourth-order valence-corrected chi connectivity index (χ4v) is 2.52. The quantitative estimate of drug-likeness (QED) is 0.865. The summed E-state index contributed by atoms with van der Waals surface area (Å²) in [5, 5.41) is 6.23. The van der Waals surface area contributed by atoms with Crippen LogP contribution < -0.4 is 10.6 Å². The van der Waals surface area contributed by atoms with E-state index in [0.717, 1.165) is 31.5 Å². The first-order valence-corrected chi connectivity index (χ1v) is 7.43. The summed E-state index contributed by atoms with van der Waals surface area (Å²) in [7, 11) is 1.99. The zero-order valence-electron chi connectivity index (χ0n) is 12.8. The molecule has 0 spiro atoms. The molecular weight excluding hydrogens is 269 g/mol. The van der Waals surface area contributed by atoms with Crippen LogP contribution in [0, 0.1) is 5.82 Å². The van der Waals surface area contributed by atoms with E-state index in [1.54, 1.807) is 12.1 Å². The molecule has 1 aliphatic rings. The molecule has 0 saturated carbocycles. The highest BCUT2D eigenvalue weighted by molar-refractivity contribution is 5.78. The number of piperidine rings is 1. The molecule has 1 amide bonds. The van der Waals surface area contributed by atoms with Crippen molar-refractivity contribution in [2.45, 2.75) is 31.8 Å². The number of carbonyl (C=O) groups excluding carboxylic acids is 1. The summed E-state index contributed by atoms with van der Waals surface area (Å²) in [6.07, 6.45) is 2.10. The molecule has 0 bridgehead atoms. The van der Waals surface area contributed by atoms with Crippen LogP contribution in [-0.4, -0.2) is 43.0 Å². The number of hydrogen-bond acceptors (Lipinski definition) is 3. The highest BCUT2D eigenvalue weighted by Gasteiger charge is 2.28. The first-order chi connectivity index (χ1) is 10.0. The lowest BCUT2D eigenvalue weighted by atomic mass is 9.90. The van der Waals surface area contributed by atoms with E-state index in [1.165, 1.54) is 12.1 Å². The van der Waals surface area contributed by atoms with Crippen LogP contribution in [-0.2, 0) is 11.3 Å². The van der Waals surface area contributed by atoms with Crippen molar-refractivity contribution < 1.29 is 9.18 Å². The number of halogens is 1. The van der Waals surface area contributed by atoms with E-state index in [4.69, 9.17) is 0 Å². The number of hydrogen-bond donors (Lipinski definition) is 2. The smallest absolute Gasteiger partial charge is 0.234 e. The highest BCUT2D eigenvalue weighted by atomic mass is 19.1. The number of carbonyl (C=O) groups is 1. The van der Waals surface area contributed by atoms with Crippen molar-refractivity contribution in [3.8, 4) is 0 Å². The van der Waals surface area contributed by atoms with Crippen LogP contribution in [0.2, 0.25) is 0 Å². The standard InChI is InChI=1S/C16H24FN3O/c1-16(18-2)7-9-20(10-8-16)12-15(21)19-11-13-3-5-14(17)6-4-13/h3-6,18H,7-12H2,1-2H3,(H,19,21). The minimum absolute atomic E-state index is 0.0207. The number of nitrogens with zero attached hydrogens (tertiary/aromatic N) is 1. The Bertz CT molecular complexity index is 467. The fraction of sp³-hybridized carbons (Fsp3) is 0.562. The lowest BCUT2D eigenvalue weighted by molar-refractivity contribution is -0.122. The van der Waals surface area contributed by atoms with E-state index < -0.39 is 0 Å². The number of likely N-dealkylation sites (tertiary alicyclic amines) is 1. The first-order valence-electron chi connectivity index (χ1n) is 7.43. The lowest BCUT2D eigenvalue weighted by Gasteiger charge is -2.39. The van der Waals surface area contributed by atoms with Gasteiger partial charge < -0.3 is 10.6 Å². The van der Waals surface area contributed by atoms with E-state index in [2.05, 4.69) is 22.5 Å². The molecule has 1 aliphatic heterocycles. The van der Waals surface area contributed by atoms with Gasteiger partial charge in [-0.25, -0.2) is 4.39 Å². The third-order valence-corrected chi connectivity index (χ3v) is 4.33. The van der Waals surface area contributed by atoms with Crippen molar-refractivity contribution in [3.05, 3.63) is 35.6 Å². The SMILES string of the molecule is CNC1(C)CCN(CC(=O)NCc2ccc(F)cc2)CC1. The van der Waals surface area contributed by atoms with Crippen LogP contribution in [0.15, 0.2) is 24.3 Å². The number of benzene rings is 1. The predicted octanol–water partition coefficient (Wildman–Crippen LogP) is 1.52. The van der Waals surface area contributed by atoms with Crippen molar-refractivity contribution in [2.24, 2.45) is 0 Å². The zero-order valence-corrected chi connectivity index (χ0v) is 12.8. The van der Waals surface area contributed by atoms with E-state index in [-0.39, 0.29) is 17.3 Å². The van der Waals surface area contributed by atoms with Gasteiger partial charge in [0.1, 0.15) is 5.82 Å². The number of rotatable bonds is 5. The van der Waals surface area contributed by atoms with Crippen LogP contribution in [0.4, 0.5) is 4.39 Å². The summed E-state index contributed by atoms with van der Waals surface area (Å²) < 4.78 is 12.8. The van der Waals surface area contributed by atoms with Gasteiger partial charge in [0, 0.05) is 25.2 Å². The zero-order chi connectivity index (χ0) is 15.3. The summed E-state index contributed by atoms with van der Waals surface area (Å²) in [6, 6.07) is 6.19. The minimum atomic E-state index is -0.258. The van der Waals surface area contributed by atoms with Crippen molar-refractivity contribution in [2.75, 3.05) is 26.7 Å². The molecule has 0 unspecified atom stereocenters. The molecule has 0 aliphatic carbocycles. The van der Waals surface area contributed by atoms with Gasteiger partial charge in [0.05, 0.1) is 6.54 Å². The minimum Gasteiger partial charge on any atom is -0.351 e. The molecule has 1 aromatic rings. The Kier molecular flexibility index (Phi) is 5.31. The summed E-state index contributed by atoms with van der Waals surface area (Å²) in [4.78, 5) is 14.1. The van der Waals surface area contributed by atoms with Crippen molar-refractivity contribution >= 4 is 5.91 Å². The maximum absolute atomic E-state index is 12.8. The molecule has 2 rings (SSSR count). The molecule has 1 aromatic carbocycles. The molecule has 0 aromatic heterocycles. The van der Waals surface area contributed by atoms with Crippen molar-refractivity contribution in [1.29, 1.82) is 0 Å². The maximum atomic E-state index is 12.8. The molecule has 0 radical (unpaired) electrons. The number of amides is 1. The molecule has 5 heteroatoms. The van der Waals surface area contributed by atoms with Crippen LogP contribution in [0.5, 0.6) is 0 Å². The van der Waals surface area contributed by atoms with Crippen LogP contribution in [0.25, 0.3) is 0 Å². The summed E-state index contributed by atoms with van der Waals surface area (Å²) in [6.45, 7) is 4.96. The number of nitrogens with one attached hydrogen (secondary N) is 2. The van der Waals surface area contributed by atoms with E-state index in [9.17, 15) is 9.18 Å². The molecule has 0 atom stereocenters. The van der Waals surface area contributed by atoms with Crippen molar-refractivity contribution in [3.63, 3.8) is 0 Å². The van der Waals surface area contributed by atoms with Gasteiger partial charge in [-0.1, -0.05) is 12.1 Å². The normalized spacial score (nSPS) is 18.4. The second-order valence-electron chi connectivity index (χ2n) is 5.99. The third-order valence-electron chi connectivity index (χ3n) is 4.33. The van der Waals surface area contributed by atoms with E-state index in [0.29, 0.717) is 13.1 Å². The Balaban J connectivity index is 1.72. The van der Waals surface area contributed by atoms with Gasteiger partial charge in [-0.05, 0) is 44.5 Å². The Morgan fingerprint density at radius 1 is 1.29 bits per heavy atom. The van der Waals surface area contributed by atoms with Gasteiger partial charge in [-0.15, -0.1) is 0 Å². The molecule has 116 valence electrons. The lowest BCUT2D eigenvalue weighted by Crippen LogP contribution is -2.51. The topological polar surface area (TPSA) is 44.4 Å². The highest BCUT2D eigenvalue weighted by Crippen LogP contribution is 2.20. The first kappa shape index (κ1) is 15.9. The average Bonchev–Trinajstić information content (AvgIpc) is 2.49. The second-order valence-corrected chi connectivity index (χ2v) is 5.99. The molecule has 4 nitrogen and oxygen atoms in total. The van der Waals surface area contributed by atoms with Gasteiger partial charge in [0.15, 0.2) is 0 Å². The molecule has 2 N–H and O–H groups in total. The average molecular weight is 293 g/mol. The summed E-state index contributed by atoms with van der Waals surface area (Å²) in [5.74, 6) is -0.238. The maximum Gasteiger partial charge on any atom is 0.234 e. The van der Waals surface area contributed by atoms with Gasteiger partial charge in [-0.2, -0.15) is 0 Å². The Labute approximate surface area is 125 Å². The predicted molar refractivity (Wildman–Crippen MR) is 81.4 cm³/mol. The van der Waals surface area contributed by atoms with E-state index in [1.807, 2.05) is 7.05 Å². The molecule has 21 heavy (non-hydrogen) atoms. The Hall–Kier alpha value is -1.46. The largest absolute Gasteiger partial charge is 0.351 e. The Morgan fingerprint density at radius 3 is 2.48 bits per heavy atom. The van der Waals surface area contributed by atoms with Gasteiger partial charge in [0.2, 0.25) is 5.91 Å².